The highest BCUT2D eigenvalue weighted by Crippen LogP contribution is 2.28. The number of anilines is 1. The highest BCUT2D eigenvalue weighted by molar-refractivity contribution is 5.55. The van der Waals surface area contributed by atoms with E-state index in [1.807, 2.05) is 80.6 Å². The van der Waals surface area contributed by atoms with Gasteiger partial charge in [-0.2, -0.15) is 25.7 Å². The largest absolute Gasteiger partial charge is 0.494 e. The van der Waals surface area contributed by atoms with Gasteiger partial charge < -0.3 is 9.64 Å². The SMILES string of the molecule is CCOc1ccc(N=Nc2ccc(N=Nc3ccc(N(CC)CCC#N)cc3)cc2C)cc1. The molecule has 0 heterocycles. The molecule has 33 heavy (non-hydrogen) atoms. The summed E-state index contributed by atoms with van der Waals surface area (Å²) in [6, 6.07) is 23.3. The summed E-state index contributed by atoms with van der Waals surface area (Å²) >= 11 is 0. The van der Waals surface area contributed by atoms with Crippen LogP contribution in [0, 0.1) is 18.3 Å². The normalized spacial score (nSPS) is 11.1. The van der Waals surface area contributed by atoms with Crippen molar-refractivity contribution in [3.8, 4) is 11.8 Å². The van der Waals surface area contributed by atoms with Crippen LogP contribution in [0.15, 0.2) is 87.2 Å². The number of aryl methyl sites for hydroxylation is 1. The van der Waals surface area contributed by atoms with E-state index in [-0.39, 0.29) is 0 Å². The molecule has 0 N–H and O–H groups in total. The Morgan fingerprint density at radius 2 is 1.42 bits per heavy atom. The standard InChI is InChI=1S/C26H28N6O/c1-4-32(18-6-17-27)24-12-7-21(8-13-24)28-30-23-11-16-26(20(3)19-23)31-29-22-9-14-25(15-10-22)33-5-2/h7-16,19H,4-6,18H2,1-3H3. The first-order valence-corrected chi connectivity index (χ1v) is 11.0. The molecule has 3 aromatic carbocycles. The van der Waals surface area contributed by atoms with E-state index in [9.17, 15) is 0 Å². The van der Waals surface area contributed by atoms with Gasteiger partial charge in [-0.25, -0.2) is 0 Å². The number of azo groups is 2. The zero-order valence-electron chi connectivity index (χ0n) is 19.3. The third kappa shape index (κ3) is 6.97. The second-order valence-corrected chi connectivity index (χ2v) is 7.30. The molecule has 0 radical (unpaired) electrons. The summed E-state index contributed by atoms with van der Waals surface area (Å²) in [5.41, 5.74) is 5.11. The highest BCUT2D eigenvalue weighted by atomic mass is 16.5. The summed E-state index contributed by atoms with van der Waals surface area (Å²) in [6.07, 6.45) is 0.504. The van der Waals surface area contributed by atoms with Gasteiger partial charge in [-0.15, -0.1) is 0 Å². The lowest BCUT2D eigenvalue weighted by molar-refractivity contribution is 0.340. The average molecular weight is 441 g/mol. The van der Waals surface area contributed by atoms with Crippen molar-refractivity contribution in [2.45, 2.75) is 27.2 Å². The number of hydrogen-bond acceptors (Lipinski definition) is 7. The zero-order valence-corrected chi connectivity index (χ0v) is 19.3. The summed E-state index contributed by atoms with van der Waals surface area (Å²) < 4.78 is 5.44. The molecule has 0 saturated carbocycles. The maximum atomic E-state index is 8.80. The molecule has 0 aliphatic heterocycles. The topological polar surface area (TPSA) is 85.7 Å². The molecule has 168 valence electrons. The van der Waals surface area contributed by atoms with Crippen molar-refractivity contribution in [2.24, 2.45) is 20.5 Å². The average Bonchev–Trinajstić information content (AvgIpc) is 2.84. The fourth-order valence-corrected chi connectivity index (χ4v) is 3.20. The first kappa shape index (κ1) is 23.6. The van der Waals surface area contributed by atoms with Crippen LogP contribution < -0.4 is 9.64 Å². The third-order valence-corrected chi connectivity index (χ3v) is 4.97. The van der Waals surface area contributed by atoms with Crippen molar-refractivity contribution in [2.75, 3.05) is 24.6 Å². The molecular formula is C26H28N6O. The quantitative estimate of drug-likeness (QED) is 0.300. The van der Waals surface area contributed by atoms with Gasteiger partial charge in [-0.3, -0.25) is 0 Å². The maximum absolute atomic E-state index is 8.80. The summed E-state index contributed by atoms with van der Waals surface area (Å²) in [5.74, 6) is 0.818. The third-order valence-electron chi connectivity index (χ3n) is 4.97. The minimum atomic E-state index is 0.504. The summed E-state index contributed by atoms with van der Waals surface area (Å²) in [5, 5.41) is 26.2. The van der Waals surface area contributed by atoms with Crippen LogP contribution in [-0.2, 0) is 0 Å². The molecule has 0 fully saturated rings. The Morgan fingerprint density at radius 3 is 2.03 bits per heavy atom. The van der Waals surface area contributed by atoms with Crippen LogP contribution in [0.4, 0.5) is 28.4 Å². The number of nitrogens with zero attached hydrogens (tertiary/aromatic N) is 6. The van der Waals surface area contributed by atoms with E-state index in [0.717, 1.165) is 52.8 Å². The van der Waals surface area contributed by atoms with E-state index < -0.39 is 0 Å². The van der Waals surface area contributed by atoms with Crippen molar-refractivity contribution in [3.63, 3.8) is 0 Å². The van der Waals surface area contributed by atoms with Crippen LogP contribution in [0.5, 0.6) is 5.75 Å². The molecule has 0 spiro atoms. The Morgan fingerprint density at radius 1 is 0.818 bits per heavy atom. The Hall–Kier alpha value is -4.05. The molecule has 0 amide bonds. The Labute approximate surface area is 195 Å². The number of benzene rings is 3. The summed E-state index contributed by atoms with van der Waals surface area (Å²) in [4.78, 5) is 2.16. The molecule has 3 rings (SSSR count). The summed E-state index contributed by atoms with van der Waals surface area (Å²) in [6.45, 7) is 8.21. The van der Waals surface area contributed by atoms with E-state index in [4.69, 9.17) is 10.00 Å². The second-order valence-electron chi connectivity index (χ2n) is 7.30. The first-order chi connectivity index (χ1) is 16.1. The molecule has 0 aromatic heterocycles. The van der Waals surface area contributed by atoms with E-state index >= 15 is 0 Å². The maximum Gasteiger partial charge on any atom is 0.119 e. The molecule has 3 aromatic rings. The van der Waals surface area contributed by atoms with Crippen LogP contribution in [0.3, 0.4) is 0 Å². The molecule has 0 saturated heterocycles. The molecule has 7 heteroatoms. The second kappa shape index (κ2) is 12.1. The molecule has 0 aliphatic rings. The van der Waals surface area contributed by atoms with Crippen LogP contribution >= 0.6 is 0 Å². The fourth-order valence-electron chi connectivity index (χ4n) is 3.20. The number of rotatable bonds is 10. The van der Waals surface area contributed by atoms with Crippen LogP contribution in [0.2, 0.25) is 0 Å². The van der Waals surface area contributed by atoms with Gasteiger partial charge in [0.25, 0.3) is 0 Å². The molecular weight excluding hydrogens is 412 g/mol. The Kier molecular flexibility index (Phi) is 8.66. The number of hydrogen-bond donors (Lipinski definition) is 0. The van der Waals surface area contributed by atoms with Crippen molar-refractivity contribution in [1.29, 1.82) is 5.26 Å². The van der Waals surface area contributed by atoms with E-state index in [0.29, 0.717) is 13.0 Å². The molecule has 0 unspecified atom stereocenters. The minimum Gasteiger partial charge on any atom is -0.494 e. The predicted molar refractivity (Wildman–Crippen MR) is 132 cm³/mol. The monoisotopic (exact) mass is 440 g/mol. The van der Waals surface area contributed by atoms with Gasteiger partial charge in [0, 0.05) is 18.8 Å². The molecule has 0 aliphatic carbocycles. The van der Waals surface area contributed by atoms with E-state index in [1.54, 1.807) is 0 Å². The predicted octanol–water partition coefficient (Wildman–Crippen LogP) is 7.96. The lowest BCUT2D eigenvalue weighted by Gasteiger charge is -2.21. The molecule has 0 bridgehead atoms. The number of ether oxygens (including phenoxy) is 1. The molecule has 0 atom stereocenters. The van der Waals surface area contributed by atoms with Crippen LogP contribution in [-0.4, -0.2) is 19.7 Å². The Balaban J connectivity index is 1.64. The highest BCUT2D eigenvalue weighted by Gasteiger charge is 2.04. The number of nitriles is 1. The van der Waals surface area contributed by atoms with Crippen molar-refractivity contribution in [3.05, 3.63) is 72.3 Å². The first-order valence-electron chi connectivity index (χ1n) is 11.0. The van der Waals surface area contributed by atoms with Crippen LogP contribution in [0.1, 0.15) is 25.8 Å². The lowest BCUT2D eigenvalue weighted by atomic mass is 10.2. The van der Waals surface area contributed by atoms with E-state index in [2.05, 4.69) is 38.3 Å². The lowest BCUT2D eigenvalue weighted by Crippen LogP contribution is -2.23. The summed E-state index contributed by atoms with van der Waals surface area (Å²) in [7, 11) is 0. The minimum absolute atomic E-state index is 0.504. The van der Waals surface area contributed by atoms with E-state index in [1.165, 1.54) is 0 Å². The van der Waals surface area contributed by atoms with Crippen molar-refractivity contribution < 1.29 is 4.74 Å². The van der Waals surface area contributed by atoms with Gasteiger partial charge >= 0.3 is 0 Å². The van der Waals surface area contributed by atoms with Crippen molar-refractivity contribution in [1.82, 2.24) is 0 Å². The van der Waals surface area contributed by atoms with Gasteiger partial charge in [0.2, 0.25) is 0 Å². The van der Waals surface area contributed by atoms with Gasteiger partial charge in [-0.1, -0.05) is 0 Å². The van der Waals surface area contributed by atoms with Crippen molar-refractivity contribution >= 4 is 28.4 Å². The van der Waals surface area contributed by atoms with Crippen LogP contribution in [0.25, 0.3) is 0 Å². The molecule has 7 nitrogen and oxygen atoms in total. The van der Waals surface area contributed by atoms with Gasteiger partial charge in [0.1, 0.15) is 5.75 Å². The van der Waals surface area contributed by atoms with Gasteiger partial charge in [-0.05, 0) is 93.1 Å². The zero-order chi connectivity index (χ0) is 23.5. The van der Waals surface area contributed by atoms with Gasteiger partial charge in [0.05, 0.1) is 41.8 Å². The smallest absolute Gasteiger partial charge is 0.119 e. The Bertz CT molecular complexity index is 1130. The fraction of sp³-hybridized carbons (Fsp3) is 0.269. The van der Waals surface area contributed by atoms with Gasteiger partial charge in [0.15, 0.2) is 0 Å².